The molecule has 4 amide bonds. The van der Waals surface area contributed by atoms with Crippen LogP contribution < -0.4 is 31.1 Å². The van der Waals surface area contributed by atoms with Crippen LogP contribution in [0.5, 0.6) is 0 Å². The number of rotatable bonds is 9. The molecular weight excluding hydrogens is 717 g/mol. The van der Waals surface area contributed by atoms with Gasteiger partial charge in [0, 0.05) is 67.0 Å². The molecule has 3 heterocycles. The zero-order chi connectivity index (χ0) is 39.3. The number of ether oxygens (including phenoxy) is 1. The van der Waals surface area contributed by atoms with Crippen LogP contribution in [0.1, 0.15) is 55.8 Å². The standard InChI is InChI=1S/C22H23FN4O.C21H24FN3O3/c23-20-16-18(8-11-21(20)27-14-2-1-3-15-27)25-22(28)24-17-6-9-19(10-7-17)26-12-4-5-13-26;1-2-28-20(26)15-6-8-16(9-7-15)23-21(27)24-17-10-11-19(18(22)14-17)25-12-4-3-5-13-25/h4-13,16H,1-3,14-15H2,(H2,24,25,28);6-11,14H,2-5,12-13H2,1H3,(H2,23,24,27). The summed E-state index contributed by atoms with van der Waals surface area (Å²) in [5.74, 6) is -1.07. The van der Waals surface area contributed by atoms with Crippen LogP contribution in [0.25, 0.3) is 5.69 Å². The van der Waals surface area contributed by atoms with Crippen molar-refractivity contribution in [3.8, 4) is 5.69 Å². The zero-order valence-corrected chi connectivity index (χ0v) is 31.4. The van der Waals surface area contributed by atoms with E-state index in [-0.39, 0.29) is 11.6 Å². The van der Waals surface area contributed by atoms with Gasteiger partial charge in [0.25, 0.3) is 0 Å². The highest BCUT2D eigenvalue weighted by Gasteiger charge is 2.17. The molecule has 2 saturated heterocycles. The van der Waals surface area contributed by atoms with E-state index >= 15 is 0 Å². The summed E-state index contributed by atoms with van der Waals surface area (Å²) in [6.07, 6.45) is 10.6. The number of nitrogens with zero attached hydrogens (tertiary/aromatic N) is 3. The van der Waals surface area contributed by atoms with Crippen molar-refractivity contribution < 1.29 is 27.9 Å². The van der Waals surface area contributed by atoms with Gasteiger partial charge in [-0.2, -0.15) is 0 Å². The van der Waals surface area contributed by atoms with Gasteiger partial charge in [0.05, 0.1) is 23.5 Å². The molecule has 0 atom stereocenters. The molecular formula is C43H47F2N7O4. The summed E-state index contributed by atoms with van der Waals surface area (Å²) in [4.78, 5) is 40.1. The van der Waals surface area contributed by atoms with Gasteiger partial charge in [0.2, 0.25) is 0 Å². The monoisotopic (exact) mass is 763 g/mol. The summed E-state index contributed by atoms with van der Waals surface area (Å²) in [5.41, 5.74) is 4.56. The predicted octanol–water partition coefficient (Wildman–Crippen LogP) is 9.89. The van der Waals surface area contributed by atoms with Crippen LogP contribution in [-0.2, 0) is 4.74 Å². The first-order valence-corrected chi connectivity index (χ1v) is 19.0. The average molecular weight is 764 g/mol. The Morgan fingerprint density at radius 3 is 1.41 bits per heavy atom. The van der Waals surface area contributed by atoms with E-state index in [1.165, 1.54) is 25.0 Å². The molecule has 2 fully saturated rings. The van der Waals surface area contributed by atoms with Crippen molar-refractivity contribution in [1.82, 2.24) is 4.57 Å². The molecule has 0 bridgehead atoms. The first-order valence-electron chi connectivity index (χ1n) is 19.0. The van der Waals surface area contributed by atoms with Crippen molar-refractivity contribution in [2.45, 2.75) is 45.4 Å². The van der Waals surface area contributed by atoms with Crippen LogP contribution in [-0.4, -0.2) is 55.4 Å². The Balaban J connectivity index is 0.000000190. The number of urea groups is 2. The number of benzene rings is 4. The number of halogens is 2. The van der Waals surface area contributed by atoms with E-state index in [4.69, 9.17) is 4.74 Å². The van der Waals surface area contributed by atoms with Crippen LogP contribution in [0.15, 0.2) is 109 Å². The molecule has 4 aromatic carbocycles. The zero-order valence-electron chi connectivity index (χ0n) is 31.4. The minimum Gasteiger partial charge on any atom is -0.462 e. The van der Waals surface area contributed by atoms with Gasteiger partial charge in [-0.1, -0.05) is 0 Å². The normalized spacial score (nSPS) is 13.8. The Hall–Kier alpha value is -6.37. The smallest absolute Gasteiger partial charge is 0.338 e. The fourth-order valence-corrected chi connectivity index (χ4v) is 6.67. The number of amides is 4. The fourth-order valence-electron chi connectivity index (χ4n) is 6.67. The quantitative estimate of drug-likeness (QED) is 0.111. The van der Waals surface area contributed by atoms with Crippen molar-refractivity contribution in [3.05, 3.63) is 127 Å². The van der Waals surface area contributed by atoms with Crippen LogP contribution in [0.3, 0.4) is 0 Å². The Labute approximate surface area is 325 Å². The second-order valence-corrected chi connectivity index (χ2v) is 13.5. The molecule has 4 N–H and O–H groups in total. The number of anilines is 6. The molecule has 0 unspecified atom stereocenters. The topological polar surface area (TPSA) is 120 Å². The molecule has 0 spiro atoms. The van der Waals surface area contributed by atoms with Gasteiger partial charge in [0.1, 0.15) is 11.6 Å². The van der Waals surface area contributed by atoms with E-state index in [0.29, 0.717) is 46.3 Å². The second-order valence-electron chi connectivity index (χ2n) is 13.5. The maximum Gasteiger partial charge on any atom is 0.338 e. The predicted molar refractivity (Wildman–Crippen MR) is 218 cm³/mol. The van der Waals surface area contributed by atoms with E-state index < -0.39 is 18.0 Å². The molecule has 2 aliphatic rings. The Bertz CT molecular complexity index is 2060. The summed E-state index contributed by atoms with van der Waals surface area (Å²) in [6, 6.07) is 26.4. The third-order valence-corrected chi connectivity index (χ3v) is 9.49. The molecule has 0 radical (unpaired) electrons. The second kappa shape index (κ2) is 19.3. The van der Waals surface area contributed by atoms with Gasteiger partial charge >= 0.3 is 18.0 Å². The third-order valence-electron chi connectivity index (χ3n) is 9.49. The number of esters is 1. The molecule has 13 heteroatoms. The van der Waals surface area contributed by atoms with E-state index in [0.717, 1.165) is 57.5 Å². The Morgan fingerprint density at radius 1 is 0.571 bits per heavy atom. The summed E-state index contributed by atoms with van der Waals surface area (Å²) in [6.45, 7) is 5.50. The highest BCUT2D eigenvalue weighted by atomic mass is 19.1. The first kappa shape index (κ1) is 39.3. The van der Waals surface area contributed by atoms with E-state index in [9.17, 15) is 23.2 Å². The number of nitrogens with one attached hydrogen (secondary N) is 4. The molecule has 11 nitrogen and oxygen atoms in total. The lowest BCUT2D eigenvalue weighted by Crippen LogP contribution is -2.30. The fraction of sp³-hybridized carbons (Fsp3) is 0.279. The molecule has 0 saturated carbocycles. The number of aromatic nitrogens is 1. The van der Waals surface area contributed by atoms with Gasteiger partial charge in [-0.25, -0.2) is 23.2 Å². The Morgan fingerprint density at radius 2 is 0.982 bits per heavy atom. The van der Waals surface area contributed by atoms with Crippen molar-refractivity contribution >= 4 is 52.2 Å². The van der Waals surface area contributed by atoms with Crippen molar-refractivity contribution in [1.29, 1.82) is 0 Å². The summed E-state index contributed by atoms with van der Waals surface area (Å²) in [7, 11) is 0. The van der Waals surface area contributed by atoms with Crippen LogP contribution in [0, 0.1) is 11.6 Å². The summed E-state index contributed by atoms with van der Waals surface area (Å²) < 4.78 is 35.8. The van der Waals surface area contributed by atoms with Crippen LogP contribution in [0.2, 0.25) is 0 Å². The highest BCUT2D eigenvalue weighted by molar-refractivity contribution is 6.01. The van der Waals surface area contributed by atoms with E-state index in [1.54, 1.807) is 55.5 Å². The van der Waals surface area contributed by atoms with Crippen molar-refractivity contribution in [2.24, 2.45) is 0 Å². The molecule has 0 aliphatic carbocycles. The van der Waals surface area contributed by atoms with Crippen molar-refractivity contribution in [3.63, 3.8) is 0 Å². The van der Waals surface area contributed by atoms with E-state index in [1.807, 2.05) is 58.3 Å². The van der Waals surface area contributed by atoms with Crippen LogP contribution in [0.4, 0.5) is 52.5 Å². The number of carbonyl (C=O) groups is 3. The summed E-state index contributed by atoms with van der Waals surface area (Å²) in [5, 5.41) is 10.7. The van der Waals surface area contributed by atoms with Crippen LogP contribution >= 0.6 is 0 Å². The average Bonchev–Trinajstić information content (AvgIpc) is 3.75. The van der Waals surface area contributed by atoms with E-state index in [2.05, 4.69) is 26.2 Å². The van der Waals surface area contributed by atoms with Gasteiger partial charge < -0.3 is 40.4 Å². The van der Waals surface area contributed by atoms with Gasteiger partial charge in [-0.3, -0.25) is 0 Å². The Kier molecular flexibility index (Phi) is 13.5. The molecule has 1 aromatic heterocycles. The largest absolute Gasteiger partial charge is 0.462 e. The van der Waals surface area contributed by atoms with Gasteiger partial charge in [-0.05, 0) is 143 Å². The number of hydrogen-bond donors (Lipinski definition) is 4. The molecule has 7 rings (SSSR count). The third kappa shape index (κ3) is 10.9. The lowest BCUT2D eigenvalue weighted by Gasteiger charge is -2.29. The lowest BCUT2D eigenvalue weighted by atomic mass is 10.1. The highest BCUT2D eigenvalue weighted by Crippen LogP contribution is 2.27. The minimum absolute atomic E-state index is 0.300. The van der Waals surface area contributed by atoms with Gasteiger partial charge in [0.15, 0.2) is 0 Å². The SMILES string of the molecule is CCOC(=O)c1ccc(NC(=O)Nc2ccc(N3CCCCC3)c(F)c2)cc1.O=C(Nc1ccc(-n2cccc2)cc1)Nc1ccc(N2CCCCC2)c(F)c1. The maximum atomic E-state index is 14.5. The number of hydrogen-bond acceptors (Lipinski definition) is 6. The summed E-state index contributed by atoms with van der Waals surface area (Å²) >= 11 is 0. The molecule has 292 valence electrons. The first-order chi connectivity index (χ1) is 27.2. The molecule has 2 aliphatic heterocycles. The number of piperidine rings is 2. The van der Waals surface area contributed by atoms with Crippen molar-refractivity contribution in [2.75, 3.05) is 63.9 Å². The lowest BCUT2D eigenvalue weighted by molar-refractivity contribution is 0.0526. The maximum absolute atomic E-state index is 14.5. The molecule has 56 heavy (non-hydrogen) atoms. The van der Waals surface area contributed by atoms with Gasteiger partial charge in [-0.15, -0.1) is 0 Å². The molecule has 5 aromatic rings. The minimum atomic E-state index is -0.492. The number of carbonyl (C=O) groups excluding carboxylic acids is 3.